The molecule has 0 aliphatic heterocycles. The number of benzene rings is 2. The fourth-order valence-electron chi connectivity index (χ4n) is 2.07. The van der Waals surface area contributed by atoms with Gasteiger partial charge in [-0.2, -0.15) is 0 Å². The molecule has 0 saturated heterocycles. The first kappa shape index (κ1) is 15.8. The van der Waals surface area contributed by atoms with E-state index in [-0.39, 0.29) is 0 Å². The van der Waals surface area contributed by atoms with Crippen molar-refractivity contribution < 1.29 is 9.90 Å². The molecule has 0 saturated carbocycles. The van der Waals surface area contributed by atoms with Gasteiger partial charge in [-0.15, -0.1) is 23.1 Å². The lowest BCUT2D eigenvalue weighted by atomic mass is 10.2. The summed E-state index contributed by atoms with van der Waals surface area (Å²) in [7, 11) is 0. The van der Waals surface area contributed by atoms with Crippen LogP contribution >= 0.6 is 23.1 Å². The van der Waals surface area contributed by atoms with Crippen LogP contribution in [0.25, 0.3) is 21.0 Å². The van der Waals surface area contributed by atoms with Crippen LogP contribution in [-0.4, -0.2) is 21.3 Å². The van der Waals surface area contributed by atoms with Crippen molar-refractivity contribution in [3.05, 3.63) is 60.8 Å². The van der Waals surface area contributed by atoms with Gasteiger partial charge in [0, 0.05) is 16.7 Å². The fraction of sp³-hybridized carbons (Fsp3) is 0.111. The van der Waals surface area contributed by atoms with Crippen LogP contribution in [0.3, 0.4) is 0 Å². The number of thioether (sulfide) groups is 1. The molecule has 0 fully saturated rings. The summed E-state index contributed by atoms with van der Waals surface area (Å²) in [5.41, 5.74) is 2.21. The molecule has 1 N–H and O–H groups in total. The number of aromatic nitrogens is 1. The van der Waals surface area contributed by atoms with Crippen molar-refractivity contribution in [2.45, 2.75) is 17.1 Å². The van der Waals surface area contributed by atoms with E-state index >= 15 is 0 Å². The van der Waals surface area contributed by atoms with Crippen molar-refractivity contribution in [2.24, 2.45) is 0 Å². The van der Waals surface area contributed by atoms with E-state index in [2.05, 4.69) is 17.1 Å². The second kappa shape index (κ2) is 6.98. The number of hydrogen-bond donors (Lipinski definition) is 1. The minimum atomic E-state index is -0.800. The largest absolute Gasteiger partial charge is 0.480 e. The molecule has 0 aliphatic carbocycles. The highest BCUT2D eigenvalue weighted by Gasteiger charge is 2.12. The normalized spacial score (nSPS) is 12.0. The Labute approximate surface area is 143 Å². The smallest absolute Gasteiger partial charge is 0.316 e. The molecule has 1 aromatic heterocycles. The lowest BCUT2D eigenvalue weighted by molar-refractivity contribution is -0.136. The van der Waals surface area contributed by atoms with Crippen LogP contribution < -0.4 is 0 Å². The monoisotopic (exact) mass is 341 g/mol. The zero-order valence-electron chi connectivity index (χ0n) is 12.5. The number of rotatable bonds is 5. The number of carbonyl (C=O) groups is 1. The van der Waals surface area contributed by atoms with Crippen LogP contribution in [0, 0.1) is 0 Å². The molecule has 2 aromatic carbocycles. The van der Waals surface area contributed by atoms with Gasteiger partial charge in [-0.1, -0.05) is 42.5 Å². The predicted molar refractivity (Wildman–Crippen MR) is 95.9 cm³/mol. The van der Waals surface area contributed by atoms with Crippen LogP contribution in [0.4, 0.5) is 0 Å². The lowest BCUT2D eigenvalue weighted by Crippen LogP contribution is -2.10. The van der Waals surface area contributed by atoms with Crippen molar-refractivity contribution >= 4 is 29.1 Å². The summed E-state index contributed by atoms with van der Waals surface area (Å²) in [6.07, 6.45) is 1.89. The Kier molecular flexibility index (Phi) is 4.79. The maximum atomic E-state index is 10.9. The molecule has 1 atom stereocenters. The third-order valence-corrected chi connectivity index (χ3v) is 5.52. The molecule has 0 bridgehead atoms. The van der Waals surface area contributed by atoms with Gasteiger partial charge in [0.25, 0.3) is 0 Å². The van der Waals surface area contributed by atoms with Crippen LogP contribution in [0.15, 0.2) is 65.7 Å². The summed E-state index contributed by atoms with van der Waals surface area (Å²) >= 11 is 2.99. The molecule has 116 valence electrons. The first-order valence-corrected chi connectivity index (χ1v) is 8.84. The Balaban J connectivity index is 1.78. The minimum Gasteiger partial charge on any atom is -0.480 e. The van der Waals surface area contributed by atoms with E-state index in [1.165, 1.54) is 17.3 Å². The van der Waals surface area contributed by atoms with E-state index in [1.807, 2.05) is 48.7 Å². The van der Waals surface area contributed by atoms with Gasteiger partial charge in [0.05, 0.1) is 4.88 Å². The number of aliphatic carboxylic acids is 1. The number of carboxylic acid groups (broad SMARTS) is 1. The molecule has 5 heteroatoms. The van der Waals surface area contributed by atoms with Crippen LogP contribution in [-0.2, 0) is 4.79 Å². The van der Waals surface area contributed by atoms with Crippen molar-refractivity contribution in [2.75, 3.05) is 0 Å². The van der Waals surface area contributed by atoms with E-state index in [0.29, 0.717) is 0 Å². The van der Waals surface area contributed by atoms with Gasteiger partial charge in [0.1, 0.15) is 10.3 Å². The fourth-order valence-corrected chi connectivity index (χ4v) is 3.80. The molecule has 0 radical (unpaired) electrons. The SMILES string of the molecule is CC(Sc1ccc(-c2ncc(-c3ccccc3)s2)cc1)C(=O)O. The molecule has 23 heavy (non-hydrogen) atoms. The van der Waals surface area contributed by atoms with Crippen molar-refractivity contribution in [3.63, 3.8) is 0 Å². The van der Waals surface area contributed by atoms with Gasteiger partial charge in [0.15, 0.2) is 0 Å². The predicted octanol–water partition coefficient (Wildman–Crippen LogP) is 5.04. The highest BCUT2D eigenvalue weighted by molar-refractivity contribution is 8.00. The Morgan fingerprint density at radius 3 is 2.43 bits per heavy atom. The topological polar surface area (TPSA) is 50.2 Å². The second-order valence-electron chi connectivity index (χ2n) is 5.02. The highest BCUT2D eigenvalue weighted by atomic mass is 32.2. The zero-order valence-corrected chi connectivity index (χ0v) is 14.1. The zero-order chi connectivity index (χ0) is 16.2. The Bertz CT molecular complexity index is 797. The van der Waals surface area contributed by atoms with E-state index in [4.69, 9.17) is 5.11 Å². The summed E-state index contributed by atoms with van der Waals surface area (Å²) < 4.78 is 0. The molecule has 3 rings (SSSR count). The molecular formula is C18H15NO2S2. The molecule has 0 aliphatic rings. The standard InChI is InChI=1S/C18H15NO2S2/c1-12(18(20)21)22-15-9-7-14(8-10-15)17-19-11-16(23-17)13-5-3-2-4-6-13/h2-12H,1H3,(H,20,21). The quantitative estimate of drug-likeness (QED) is 0.660. The van der Waals surface area contributed by atoms with E-state index in [0.717, 1.165) is 20.3 Å². The van der Waals surface area contributed by atoms with Gasteiger partial charge in [-0.05, 0) is 24.6 Å². The van der Waals surface area contributed by atoms with E-state index < -0.39 is 11.2 Å². The third-order valence-electron chi connectivity index (χ3n) is 3.33. The molecular weight excluding hydrogens is 326 g/mol. The van der Waals surface area contributed by atoms with Crippen molar-refractivity contribution in [1.82, 2.24) is 4.98 Å². The molecule has 3 nitrogen and oxygen atoms in total. The van der Waals surface area contributed by atoms with E-state index in [1.54, 1.807) is 18.3 Å². The van der Waals surface area contributed by atoms with Gasteiger partial charge in [-0.25, -0.2) is 4.98 Å². The van der Waals surface area contributed by atoms with E-state index in [9.17, 15) is 4.79 Å². The van der Waals surface area contributed by atoms with Gasteiger partial charge in [-0.3, -0.25) is 4.79 Å². The number of thiazole rings is 1. The highest BCUT2D eigenvalue weighted by Crippen LogP contribution is 2.33. The summed E-state index contributed by atoms with van der Waals surface area (Å²) in [5.74, 6) is -0.800. The second-order valence-corrected chi connectivity index (χ2v) is 7.46. The Morgan fingerprint density at radius 2 is 1.78 bits per heavy atom. The maximum Gasteiger partial charge on any atom is 0.316 e. The first-order chi connectivity index (χ1) is 11.1. The third kappa shape index (κ3) is 3.81. The van der Waals surface area contributed by atoms with Gasteiger partial charge < -0.3 is 5.11 Å². The summed E-state index contributed by atoms with van der Waals surface area (Å²) in [6, 6.07) is 18.1. The maximum absolute atomic E-state index is 10.9. The molecule has 1 heterocycles. The molecule has 0 amide bonds. The van der Waals surface area contributed by atoms with Gasteiger partial charge >= 0.3 is 5.97 Å². The summed E-state index contributed by atoms with van der Waals surface area (Å²) in [5, 5.41) is 9.47. The molecule has 1 unspecified atom stereocenters. The van der Waals surface area contributed by atoms with Crippen molar-refractivity contribution in [1.29, 1.82) is 0 Å². The Morgan fingerprint density at radius 1 is 1.09 bits per heavy atom. The molecule has 3 aromatic rings. The number of carboxylic acids is 1. The van der Waals surface area contributed by atoms with Gasteiger partial charge in [0.2, 0.25) is 0 Å². The first-order valence-electron chi connectivity index (χ1n) is 7.14. The van der Waals surface area contributed by atoms with Crippen LogP contribution in [0.2, 0.25) is 0 Å². The number of hydrogen-bond acceptors (Lipinski definition) is 4. The summed E-state index contributed by atoms with van der Waals surface area (Å²) in [4.78, 5) is 17.5. The van der Waals surface area contributed by atoms with Crippen LogP contribution in [0.5, 0.6) is 0 Å². The molecule has 0 spiro atoms. The number of nitrogens with zero attached hydrogens (tertiary/aromatic N) is 1. The van der Waals surface area contributed by atoms with Crippen LogP contribution in [0.1, 0.15) is 6.92 Å². The van der Waals surface area contributed by atoms with Crippen molar-refractivity contribution in [3.8, 4) is 21.0 Å². The minimum absolute atomic E-state index is 0.453. The lowest BCUT2D eigenvalue weighted by Gasteiger charge is -2.06. The Hall–Kier alpha value is -2.11. The summed E-state index contributed by atoms with van der Waals surface area (Å²) in [6.45, 7) is 1.69. The average molecular weight is 341 g/mol. The average Bonchev–Trinajstić information content (AvgIpc) is 3.06.